The van der Waals surface area contributed by atoms with E-state index in [9.17, 15) is 4.79 Å². The number of hydrogen-bond donors (Lipinski definition) is 0. The average Bonchev–Trinajstić information content (AvgIpc) is 1.99. The first-order valence-corrected chi connectivity index (χ1v) is 4.96. The maximum atomic E-state index is 11.2. The topological polar surface area (TPSA) is 20.3 Å². The molecule has 0 aromatic rings. The summed E-state index contributed by atoms with van der Waals surface area (Å²) in [5, 5.41) is 0. The molecule has 0 aliphatic carbocycles. The van der Waals surface area contributed by atoms with Crippen molar-refractivity contribution in [1.82, 2.24) is 4.90 Å². The van der Waals surface area contributed by atoms with E-state index >= 15 is 0 Å². The van der Waals surface area contributed by atoms with Crippen LogP contribution in [0.4, 0.5) is 0 Å². The first kappa shape index (κ1) is 9.72. The molecular weight excluding hydrogens is 150 g/mol. The molecule has 70 valence electrons. The van der Waals surface area contributed by atoms with Gasteiger partial charge < -0.3 is 0 Å². The van der Waals surface area contributed by atoms with E-state index in [4.69, 9.17) is 0 Å². The molecule has 1 atom stereocenters. The van der Waals surface area contributed by atoms with Crippen LogP contribution in [0.5, 0.6) is 0 Å². The van der Waals surface area contributed by atoms with Crippen molar-refractivity contribution in [3.63, 3.8) is 0 Å². The minimum absolute atomic E-state index is 0.421. The van der Waals surface area contributed by atoms with Crippen LogP contribution in [0.1, 0.15) is 33.1 Å². The van der Waals surface area contributed by atoms with Gasteiger partial charge in [0, 0.05) is 13.0 Å². The van der Waals surface area contributed by atoms with Crippen molar-refractivity contribution in [2.75, 3.05) is 19.6 Å². The van der Waals surface area contributed by atoms with E-state index in [0.717, 1.165) is 19.5 Å². The molecule has 2 heteroatoms. The van der Waals surface area contributed by atoms with Crippen LogP contribution in [-0.2, 0) is 4.79 Å². The zero-order valence-corrected chi connectivity index (χ0v) is 8.18. The quantitative estimate of drug-likeness (QED) is 0.641. The van der Waals surface area contributed by atoms with Crippen molar-refractivity contribution in [3.8, 4) is 0 Å². The zero-order valence-electron chi connectivity index (χ0n) is 8.18. The van der Waals surface area contributed by atoms with Gasteiger partial charge in [-0.2, -0.15) is 0 Å². The summed E-state index contributed by atoms with van der Waals surface area (Å²) < 4.78 is 0. The van der Waals surface area contributed by atoms with Crippen molar-refractivity contribution >= 4 is 5.78 Å². The van der Waals surface area contributed by atoms with Crippen LogP contribution < -0.4 is 0 Å². The predicted octanol–water partition coefficient (Wildman–Crippen LogP) is 1.70. The Morgan fingerprint density at radius 3 is 2.92 bits per heavy atom. The van der Waals surface area contributed by atoms with Gasteiger partial charge in [-0.05, 0) is 18.9 Å². The molecule has 1 aliphatic rings. The van der Waals surface area contributed by atoms with E-state index < -0.39 is 0 Å². The van der Waals surface area contributed by atoms with Gasteiger partial charge in [0.25, 0.3) is 0 Å². The van der Waals surface area contributed by atoms with Crippen LogP contribution in [0, 0.1) is 5.92 Å². The van der Waals surface area contributed by atoms with Crippen LogP contribution in [-0.4, -0.2) is 30.3 Å². The van der Waals surface area contributed by atoms with Crippen molar-refractivity contribution in [3.05, 3.63) is 0 Å². The predicted molar refractivity (Wildman–Crippen MR) is 50.1 cm³/mol. The molecule has 0 N–H and O–H groups in total. The smallest absolute Gasteiger partial charge is 0.147 e. The molecule has 0 bridgehead atoms. The lowest BCUT2D eigenvalue weighted by molar-refractivity contribution is -0.123. The molecule has 1 fully saturated rings. The fourth-order valence-electron chi connectivity index (χ4n) is 1.82. The lowest BCUT2D eigenvalue weighted by atomic mass is 9.99. The van der Waals surface area contributed by atoms with Crippen LogP contribution in [0.25, 0.3) is 0 Å². The highest BCUT2D eigenvalue weighted by Crippen LogP contribution is 2.13. The fraction of sp³-hybridized carbons (Fsp3) is 0.900. The molecule has 0 aromatic heterocycles. The lowest BCUT2D eigenvalue weighted by Gasteiger charge is -2.29. The lowest BCUT2D eigenvalue weighted by Crippen LogP contribution is -2.40. The molecule has 1 saturated heterocycles. The summed E-state index contributed by atoms with van der Waals surface area (Å²) in [5.74, 6) is 0.993. The Kier molecular flexibility index (Phi) is 3.73. The number of carbonyl (C=O) groups is 1. The third-order valence-corrected chi connectivity index (χ3v) is 2.37. The van der Waals surface area contributed by atoms with Gasteiger partial charge >= 0.3 is 0 Å². The SMILES string of the molecule is CCCCN1CC(=O)CC(C)C1. The van der Waals surface area contributed by atoms with Crippen molar-refractivity contribution in [2.45, 2.75) is 33.1 Å². The molecule has 0 saturated carbocycles. The number of piperidine rings is 1. The first-order chi connectivity index (χ1) is 5.72. The summed E-state index contributed by atoms with van der Waals surface area (Å²) in [5.41, 5.74) is 0. The Bertz CT molecular complexity index is 156. The Labute approximate surface area is 74.9 Å². The van der Waals surface area contributed by atoms with Crippen LogP contribution >= 0.6 is 0 Å². The van der Waals surface area contributed by atoms with Gasteiger partial charge in [0.05, 0.1) is 6.54 Å². The van der Waals surface area contributed by atoms with E-state index in [1.54, 1.807) is 0 Å². The molecule has 12 heavy (non-hydrogen) atoms. The second-order valence-electron chi connectivity index (χ2n) is 3.94. The molecule has 0 aromatic carbocycles. The number of rotatable bonds is 3. The minimum Gasteiger partial charge on any atom is -0.298 e. The normalized spacial score (nSPS) is 26.2. The Hall–Kier alpha value is -0.370. The molecule has 1 unspecified atom stereocenters. The third-order valence-electron chi connectivity index (χ3n) is 2.37. The number of Topliss-reactive ketones (excluding diaryl/α,β-unsaturated/α-hetero) is 1. The van der Waals surface area contributed by atoms with E-state index in [0.29, 0.717) is 18.2 Å². The van der Waals surface area contributed by atoms with Crippen molar-refractivity contribution < 1.29 is 4.79 Å². The molecule has 1 rings (SSSR count). The summed E-state index contributed by atoms with van der Waals surface area (Å²) >= 11 is 0. The largest absolute Gasteiger partial charge is 0.298 e. The fourth-order valence-corrected chi connectivity index (χ4v) is 1.82. The van der Waals surface area contributed by atoms with Gasteiger partial charge in [-0.1, -0.05) is 20.3 Å². The summed E-state index contributed by atoms with van der Waals surface area (Å²) in [6.07, 6.45) is 3.24. The van der Waals surface area contributed by atoms with E-state index in [1.807, 2.05) is 0 Å². The Morgan fingerprint density at radius 2 is 2.33 bits per heavy atom. The van der Waals surface area contributed by atoms with Crippen molar-refractivity contribution in [2.24, 2.45) is 5.92 Å². The van der Waals surface area contributed by atoms with Gasteiger partial charge in [0.1, 0.15) is 5.78 Å². The number of nitrogens with zero attached hydrogens (tertiary/aromatic N) is 1. The average molecular weight is 169 g/mol. The number of carbonyl (C=O) groups excluding carboxylic acids is 1. The van der Waals surface area contributed by atoms with Gasteiger partial charge in [-0.15, -0.1) is 0 Å². The van der Waals surface area contributed by atoms with E-state index in [-0.39, 0.29) is 0 Å². The number of unbranched alkanes of at least 4 members (excludes halogenated alkanes) is 1. The maximum Gasteiger partial charge on any atom is 0.147 e. The molecule has 2 nitrogen and oxygen atoms in total. The summed E-state index contributed by atoms with van der Waals surface area (Å²) in [7, 11) is 0. The maximum absolute atomic E-state index is 11.2. The van der Waals surface area contributed by atoms with Gasteiger partial charge in [-0.25, -0.2) is 0 Å². The summed E-state index contributed by atoms with van der Waals surface area (Å²) in [6, 6.07) is 0. The first-order valence-electron chi connectivity index (χ1n) is 4.96. The van der Waals surface area contributed by atoms with Crippen LogP contribution in [0.3, 0.4) is 0 Å². The Balaban J connectivity index is 2.29. The standard InChI is InChI=1S/C10H19NO/c1-3-4-5-11-7-9(2)6-10(12)8-11/h9H,3-8H2,1-2H3. The zero-order chi connectivity index (χ0) is 8.97. The molecule has 0 spiro atoms. The molecule has 1 heterocycles. The molecule has 1 aliphatic heterocycles. The summed E-state index contributed by atoms with van der Waals surface area (Å²) in [6.45, 7) is 7.27. The Morgan fingerprint density at radius 1 is 1.58 bits per heavy atom. The van der Waals surface area contributed by atoms with E-state index in [2.05, 4.69) is 18.7 Å². The molecular formula is C10H19NO. The number of likely N-dealkylation sites (tertiary alicyclic amines) is 1. The number of ketones is 1. The van der Waals surface area contributed by atoms with E-state index in [1.165, 1.54) is 12.8 Å². The van der Waals surface area contributed by atoms with Crippen molar-refractivity contribution in [1.29, 1.82) is 0 Å². The van der Waals surface area contributed by atoms with Gasteiger partial charge in [-0.3, -0.25) is 9.69 Å². The second kappa shape index (κ2) is 4.61. The highest BCUT2D eigenvalue weighted by atomic mass is 16.1. The monoisotopic (exact) mass is 169 g/mol. The second-order valence-corrected chi connectivity index (χ2v) is 3.94. The highest BCUT2D eigenvalue weighted by Gasteiger charge is 2.21. The molecule has 0 amide bonds. The van der Waals surface area contributed by atoms with Crippen LogP contribution in [0.15, 0.2) is 0 Å². The van der Waals surface area contributed by atoms with Gasteiger partial charge in [0.15, 0.2) is 0 Å². The number of hydrogen-bond acceptors (Lipinski definition) is 2. The third kappa shape index (κ3) is 2.94. The summed E-state index contributed by atoms with van der Waals surface area (Å²) in [4.78, 5) is 13.5. The van der Waals surface area contributed by atoms with Crippen LogP contribution in [0.2, 0.25) is 0 Å². The van der Waals surface area contributed by atoms with Gasteiger partial charge in [0.2, 0.25) is 0 Å². The highest BCUT2D eigenvalue weighted by molar-refractivity contribution is 5.81. The molecule has 0 radical (unpaired) electrons. The minimum atomic E-state index is 0.421.